The molecular weight excluding hydrogens is 352 g/mol. The highest BCUT2D eigenvalue weighted by Gasteiger charge is 2.23. The highest BCUT2D eigenvalue weighted by Crippen LogP contribution is 2.23. The summed E-state index contributed by atoms with van der Waals surface area (Å²) in [5.74, 6) is -0.318. The van der Waals surface area contributed by atoms with Crippen LogP contribution in [0.3, 0.4) is 0 Å². The molecule has 0 bridgehead atoms. The first-order chi connectivity index (χ1) is 12.6. The van der Waals surface area contributed by atoms with Gasteiger partial charge in [0.15, 0.2) is 6.61 Å². The number of carbonyl (C=O) groups excluding carboxylic acids is 2. The quantitative estimate of drug-likeness (QED) is 0.752. The van der Waals surface area contributed by atoms with Crippen molar-refractivity contribution in [1.29, 1.82) is 0 Å². The molecule has 1 heterocycles. The molecule has 7 heteroatoms. The van der Waals surface area contributed by atoms with Crippen LogP contribution >= 0.6 is 11.3 Å². The van der Waals surface area contributed by atoms with Gasteiger partial charge in [-0.05, 0) is 30.9 Å². The van der Waals surface area contributed by atoms with E-state index >= 15 is 0 Å². The molecule has 3 rings (SSSR count). The van der Waals surface area contributed by atoms with Gasteiger partial charge in [0.05, 0.1) is 16.8 Å². The summed E-state index contributed by atoms with van der Waals surface area (Å²) in [5, 5.41) is 3.76. The number of nitrogens with zero attached hydrogens (tertiary/aromatic N) is 1. The predicted molar refractivity (Wildman–Crippen MR) is 99.8 cm³/mol. The lowest BCUT2D eigenvalue weighted by molar-refractivity contribution is -0.153. The van der Waals surface area contributed by atoms with Crippen molar-refractivity contribution < 1.29 is 19.1 Å². The fourth-order valence-corrected chi connectivity index (χ4v) is 4.08. The number of rotatable bonds is 7. The third-order valence-corrected chi connectivity index (χ3v) is 5.62. The Morgan fingerprint density at radius 3 is 2.85 bits per heavy atom. The van der Waals surface area contributed by atoms with Crippen LogP contribution in [-0.2, 0) is 25.7 Å². The average Bonchev–Trinajstić information content (AvgIpc) is 3.05. The van der Waals surface area contributed by atoms with Gasteiger partial charge in [-0.1, -0.05) is 31.9 Å². The predicted octanol–water partition coefficient (Wildman–Crippen LogP) is 3.05. The standard InChI is InChI=1S/C19H24N2O4S/c1-13-6-2-3-7-14(13)20-17(22)10-25-19(23)12-24-11-18-21-15-8-4-5-9-16(15)26-18/h4-5,8-9,13-14H,2-3,6-7,10-12H2,1H3,(H,20,22)/t13-,14+/m0/s1. The van der Waals surface area contributed by atoms with Crippen LogP contribution in [0.2, 0.25) is 0 Å². The number of esters is 1. The Kier molecular flexibility index (Phi) is 6.57. The summed E-state index contributed by atoms with van der Waals surface area (Å²) in [6.45, 7) is 1.95. The lowest BCUT2D eigenvalue weighted by Gasteiger charge is -2.29. The van der Waals surface area contributed by atoms with Crippen LogP contribution in [0.1, 0.15) is 37.6 Å². The second-order valence-electron chi connectivity index (χ2n) is 6.66. The maximum atomic E-state index is 11.9. The number of hydrogen-bond acceptors (Lipinski definition) is 6. The summed E-state index contributed by atoms with van der Waals surface area (Å²) >= 11 is 1.53. The van der Waals surface area contributed by atoms with Crippen LogP contribution in [0.4, 0.5) is 0 Å². The molecule has 1 aliphatic rings. The molecule has 0 aliphatic heterocycles. The first-order valence-electron chi connectivity index (χ1n) is 8.99. The van der Waals surface area contributed by atoms with Gasteiger partial charge in [0, 0.05) is 6.04 Å². The third-order valence-electron chi connectivity index (χ3n) is 4.61. The molecule has 140 valence electrons. The Morgan fingerprint density at radius 1 is 1.23 bits per heavy atom. The SMILES string of the molecule is C[C@H]1CCCC[C@H]1NC(=O)COC(=O)COCc1nc2ccccc2s1. The van der Waals surface area contributed by atoms with Gasteiger partial charge < -0.3 is 14.8 Å². The molecule has 6 nitrogen and oxygen atoms in total. The third kappa shape index (κ3) is 5.25. The second kappa shape index (κ2) is 9.09. The van der Waals surface area contributed by atoms with Gasteiger partial charge in [0.2, 0.25) is 0 Å². The van der Waals surface area contributed by atoms with E-state index in [1.54, 1.807) is 0 Å². The number of carbonyl (C=O) groups is 2. The maximum absolute atomic E-state index is 11.9. The molecular formula is C19H24N2O4S. The monoisotopic (exact) mass is 376 g/mol. The van der Waals surface area contributed by atoms with Crippen molar-refractivity contribution in [1.82, 2.24) is 10.3 Å². The maximum Gasteiger partial charge on any atom is 0.332 e. The molecule has 2 atom stereocenters. The van der Waals surface area contributed by atoms with Gasteiger partial charge in [-0.25, -0.2) is 9.78 Å². The lowest BCUT2D eigenvalue weighted by Crippen LogP contribution is -2.43. The highest BCUT2D eigenvalue weighted by atomic mass is 32.1. The number of ether oxygens (including phenoxy) is 2. The highest BCUT2D eigenvalue weighted by molar-refractivity contribution is 7.18. The Morgan fingerprint density at radius 2 is 2.04 bits per heavy atom. The van der Waals surface area contributed by atoms with E-state index in [9.17, 15) is 9.59 Å². The van der Waals surface area contributed by atoms with Crippen LogP contribution in [-0.4, -0.2) is 36.1 Å². The van der Waals surface area contributed by atoms with Gasteiger partial charge in [0.25, 0.3) is 5.91 Å². The minimum Gasteiger partial charge on any atom is -0.454 e. The minimum absolute atomic E-state index is 0.185. The average molecular weight is 376 g/mol. The molecule has 0 radical (unpaired) electrons. The summed E-state index contributed by atoms with van der Waals surface area (Å²) < 4.78 is 11.4. The summed E-state index contributed by atoms with van der Waals surface area (Å²) in [6.07, 6.45) is 4.47. The number of benzene rings is 1. The fourth-order valence-electron chi connectivity index (χ4n) is 3.17. The zero-order chi connectivity index (χ0) is 18.4. The number of para-hydroxylation sites is 1. The smallest absolute Gasteiger partial charge is 0.332 e. The van der Waals surface area contributed by atoms with Crippen molar-refractivity contribution >= 4 is 33.4 Å². The lowest BCUT2D eigenvalue weighted by atomic mass is 9.86. The van der Waals surface area contributed by atoms with Gasteiger partial charge in [-0.3, -0.25) is 4.79 Å². The Bertz CT molecular complexity index is 728. The molecule has 2 aromatic rings. The van der Waals surface area contributed by atoms with Gasteiger partial charge in [-0.2, -0.15) is 0 Å². The second-order valence-corrected chi connectivity index (χ2v) is 7.78. The van der Waals surface area contributed by atoms with Crippen molar-refractivity contribution in [2.75, 3.05) is 13.2 Å². The van der Waals surface area contributed by atoms with Crippen molar-refractivity contribution in [3.8, 4) is 0 Å². The molecule has 1 saturated carbocycles. The minimum atomic E-state index is -0.544. The molecule has 1 aromatic heterocycles. The molecule has 0 spiro atoms. The van der Waals surface area contributed by atoms with Crippen LogP contribution in [0.5, 0.6) is 0 Å². The fraction of sp³-hybridized carbons (Fsp3) is 0.526. The number of thiazole rings is 1. The number of amides is 1. The van der Waals surface area contributed by atoms with E-state index in [0.717, 1.165) is 34.5 Å². The number of hydrogen-bond donors (Lipinski definition) is 1. The largest absolute Gasteiger partial charge is 0.454 e. The Hall–Kier alpha value is -1.99. The summed E-state index contributed by atoms with van der Waals surface area (Å²) in [6, 6.07) is 8.02. The van der Waals surface area contributed by atoms with E-state index in [0.29, 0.717) is 5.92 Å². The molecule has 0 unspecified atom stereocenters. The van der Waals surface area contributed by atoms with Crippen LogP contribution < -0.4 is 5.32 Å². The molecule has 1 aliphatic carbocycles. The topological polar surface area (TPSA) is 77.5 Å². The summed E-state index contributed by atoms with van der Waals surface area (Å²) in [4.78, 5) is 28.1. The van der Waals surface area contributed by atoms with Gasteiger partial charge in [0.1, 0.15) is 11.6 Å². The zero-order valence-corrected chi connectivity index (χ0v) is 15.7. The van der Waals surface area contributed by atoms with E-state index < -0.39 is 5.97 Å². The normalized spacial score (nSPS) is 20.0. The zero-order valence-electron chi connectivity index (χ0n) is 14.9. The van der Waals surface area contributed by atoms with E-state index in [2.05, 4.69) is 17.2 Å². The van der Waals surface area contributed by atoms with E-state index in [1.165, 1.54) is 17.8 Å². The molecule has 1 aromatic carbocycles. The van der Waals surface area contributed by atoms with Crippen LogP contribution in [0, 0.1) is 5.92 Å². The molecule has 1 amide bonds. The van der Waals surface area contributed by atoms with Crippen molar-refractivity contribution in [3.63, 3.8) is 0 Å². The Labute approximate surface area is 156 Å². The molecule has 0 saturated heterocycles. The number of nitrogens with one attached hydrogen (secondary N) is 1. The van der Waals surface area contributed by atoms with Crippen molar-refractivity contribution in [2.24, 2.45) is 5.92 Å². The molecule has 1 N–H and O–H groups in total. The van der Waals surface area contributed by atoms with Crippen molar-refractivity contribution in [2.45, 2.75) is 45.3 Å². The first kappa shape index (κ1) is 18.8. The van der Waals surface area contributed by atoms with Crippen LogP contribution in [0.25, 0.3) is 10.2 Å². The summed E-state index contributed by atoms with van der Waals surface area (Å²) in [7, 11) is 0. The number of aromatic nitrogens is 1. The Balaban J connectivity index is 1.34. The van der Waals surface area contributed by atoms with Crippen molar-refractivity contribution in [3.05, 3.63) is 29.3 Å². The molecule has 26 heavy (non-hydrogen) atoms. The van der Waals surface area contributed by atoms with E-state index in [1.807, 2.05) is 24.3 Å². The molecule has 1 fully saturated rings. The van der Waals surface area contributed by atoms with Gasteiger partial charge in [-0.15, -0.1) is 11.3 Å². The summed E-state index contributed by atoms with van der Waals surface area (Å²) in [5.41, 5.74) is 0.923. The van der Waals surface area contributed by atoms with Gasteiger partial charge >= 0.3 is 5.97 Å². The number of fused-ring (bicyclic) bond motifs is 1. The first-order valence-corrected chi connectivity index (χ1v) is 9.80. The van der Waals surface area contributed by atoms with Crippen LogP contribution in [0.15, 0.2) is 24.3 Å². The van der Waals surface area contributed by atoms with E-state index in [4.69, 9.17) is 9.47 Å². The van der Waals surface area contributed by atoms with E-state index in [-0.39, 0.29) is 31.8 Å².